The van der Waals surface area contributed by atoms with Gasteiger partial charge in [-0.25, -0.2) is 4.39 Å². The molecule has 80 valence electrons. The number of halogens is 1. The van der Waals surface area contributed by atoms with Crippen molar-refractivity contribution in [2.45, 2.75) is 57.1 Å². The standard InChI is InChI=1S/C10H18FNOSi/c1-14(2,3)13-10(8-12)6-4-9(11)5-7-10/h9H,4-7H2,1-3H3. The van der Waals surface area contributed by atoms with Gasteiger partial charge in [0, 0.05) is 0 Å². The van der Waals surface area contributed by atoms with Gasteiger partial charge in [-0.05, 0) is 45.3 Å². The average Bonchev–Trinajstić information content (AvgIpc) is 2.07. The van der Waals surface area contributed by atoms with Crippen LogP contribution in [0.3, 0.4) is 0 Å². The first kappa shape index (κ1) is 11.7. The van der Waals surface area contributed by atoms with Crippen LogP contribution in [0.1, 0.15) is 25.7 Å². The third-order valence-corrected chi connectivity index (χ3v) is 3.43. The lowest BCUT2D eigenvalue weighted by molar-refractivity contribution is 0.0496. The minimum absolute atomic E-state index is 0.470. The zero-order valence-corrected chi connectivity index (χ0v) is 10.1. The minimum Gasteiger partial charge on any atom is -0.400 e. The van der Waals surface area contributed by atoms with E-state index in [1.807, 2.05) is 0 Å². The van der Waals surface area contributed by atoms with E-state index in [1.54, 1.807) is 0 Å². The molecule has 0 aromatic carbocycles. The molecule has 0 bridgehead atoms. The summed E-state index contributed by atoms with van der Waals surface area (Å²) < 4.78 is 18.8. The van der Waals surface area contributed by atoms with Crippen molar-refractivity contribution >= 4 is 8.32 Å². The Kier molecular flexibility index (Phi) is 3.33. The second kappa shape index (κ2) is 3.99. The van der Waals surface area contributed by atoms with Gasteiger partial charge in [-0.3, -0.25) is 0 Å². The number of hydrogen-bond donors (Lipinski definition) is 0. The molecule has 0 saturated heterocycles. The molecule has 0 heterocycles. The molecule has 1 fully saturated rings. The van der Waals surface area contributed by atoms with Crippen molar-refractivity contribution in [3.8, 4) is 6.07 Å². The van der Waals surface area contributed by atoms with Crippen LogP contribution in [0.4, 0.5) is 4.39 Å². The number of nitriles is 1. The number of rotatable bonds is 2. The molecular weight excluding hydrogens is 197 g/mol. The van der Waals surface area contributed by atoms with E-state index in [2.05, 4.69) is 25.7 Å². The normalized spacial score (nSPS) is 33.8. The highest BCUT2D eigenvalue weighted by Crippen LogP contribution is 2.34. The van der Waals surface area contributed by atoms with Crippen LogP contribution in [0.15, 0.2) is 0 Å². The maximum Gasteiger partial charge on any atom is 0.185 e. The molecule has 4 heteroatoms. The van der Waals surface area contributed by atoms with E-state index in [9.17, 15) is 4.39 Å². The summed E-state index contributed by atoms with van der Waals surface area (Å²) in [5, 5.41) is 9.12. The summed E-state index contributed by atoms with van der Waals surface area (Å²) in [6.07, 6.45) is 1.31. The van der Waals surface area contributed by atoms with Crippen molar-refractivity contribution in [3.63, 3.8) is 0 Å². The summed E-state index contributed by atoms with van der Waals surface area (Å²) in [5.74, 6) is 0. The third-order valence-electron chi connectivity index (χ3n) is 2.43. The van der Waals surface area contributed by atoms with Crippen molar-refractivity contribution < 1.29 is 8.82 Å². The predicted molar refractivity (Wildman–Crippen MR) is 56.1 cm³/mol. The zero-order valence-electron chi connectivity index (χ0n) is 9.14. The van der Waals surface area contributed by atoms with Gasteiger partial charge in [-0.15, -0.1) is 0 Å². The molecule has 0 radical (unpaired) electrons. The molecule has 1 rings (SSSR count). The Hall–Kier alpha value is -0.403. The van der Waals surface area contributed by atoms with E-state index < -0.39 is 20.1 Å². The largest absolute Gasteiger partial charge is 0.400 e. The third kappa shape index (κ3) is 3.07. The van der Waals surface area contributed by atoms with Crippen LogP contribution in [-0.4, -0.2) is 20.1 Å². The molecule has 0 aromatic rings. The van der Waals surface area contributed by atoms with Gasteiger partial charge >= 0.3 is 0 Å². The monoisotopic (exact) mass is 215 g/mol. The van der Waals surface area contributed by atoms with Crippen LogP contribution in [0.25, 0.3) is 0 Å². The molecular formula is C10H18FNOSi. The predicted octanol–water partition coefficient (Wildman–Crippen LogP) is 3.01. The van der Waals surface area contributed by atoms with Crippen molar-refractivity contribution in [2.75, 3.05) is 0 Å². The fourth-order valence-corrected chi connectivity index (χ4v) is 3.29. The van der Waals surface area contributed by atoms with Crippen molar-refractivity contribution in [1.82, 2.24) is 0 Å². The van der Waals surface area contributed by atoms with E-state index in [-0.39, 0.29) is 0 Å². The maximum absolute atomic E-state index is 12.9. The van der Waals surface area contributed by atoms with Crippen LogP contribution in [0.2, 0.25) is 19.6 Å². The molecule has 0 spiro atoms. The zero-order chi connectivity index (χ0) is 10.8. The second-order valence-electron chi connectivity index (χ2n) is 5.00. The summed E-state index contributed by atoms with van der Waals surface area (Å²) in [5.41, 5.74) is -0.687. The SMILES string of the molecule is C[Si](C)(C)OC1(C#N)CCC(F)CC1. The Balaban J connectivity index is 2.65. The lowest BCUT2D eigenvalue weighted by Crippen LogP contribution is -2.44. The summed E-state index contributed by atoms with van der Waals surface area (Å²) in [6.45, 7) is 6.19. The van der Waals surface area contributed by atoms with Crippen LogP contribution >= 0.6 is 0 Å². The number of hydrogen-bond acceptors (Lipinski definition) is 2. The summed E-state index contributed by atoms with van der Waals surface area (Å²) in [7, 11) is -1.70. The average molecular weight is 215 g/mol. The van der Waals surface area contributed by atoms with Crippen molar-refractivity contribution in [1.29, 1.82) is 5.26 Å². The first-order chi connectivity index (χ1) is 6.37. The highest BCUT2D eigenvalue weighted by molar-refractivity contribution is 6.69. The van der Waals surface area contributed by atoms with Crippen molar-refractivity contribution in [2.24, 2.45) is 0 Å². The smallest absolute Gasteiger partial charge is 0.185 e. The molecule has 0 aromatic heterocycles. The van der Waals surface area contributed by atoms with E-state index >= 15 is 0 Å². The Morgan fingerprint density at radius 3 is 2.21 bits per heavy atom. The lowest BCUT2D eigenvalue weighted by Gasteiger charge is -2.37. The van der Waals surface area contributed by atoms with Gasteiger partial charge in [-0.2, -0.15) is 5.26 Å². The fraction of sp³-hybridized carbons (Fsp3) is 0.900. The summed E-state index contributed by atoms with van der Waals surface area (Å²) in [6, 6.07) is 2.24. The fourth-order valence-electron chi connectivity index (χ4n) is 1.87. The lowest BCUT2D eigenvalue weighted by atomic mass is 9.85. The molecule has 1 aliphatic carbocycles. The Morgan fingerprint density at radius 1 is 1.36 bits per heavy atom. The topological polar surface area (TPSA) is 33.0 Å². The van der Waals surface area contributed by atoms with Crippen molar-refractivity contribution in [3.05, 3.63) is 0 Å². The molecule has 2 nitrogen and oxygen atoms in total. The first-order valence-corrected chi connectivity index (χ1v) is 8.53. The van der Waals surface area contributed by atoms with Gasteiger partial charge in [0.25, 0.3) is 0 Å². The van der Waals surface area contributed by atoms with E-state index in [0.717, 1.165) is 0 Å². The summed E-state index contributed by atoms with van der Waals surface area (Å²) >= 11 is 0. The maximum atomic E-state index is 12.9. The molecule has 0 N–H and O–H groups in total. The van der Waals surface area contributed by atoms with Gasteiger partial charge in [0.2, 0.25) is 0 Å². The molecule has 1 saturated carbocycles. The molecule has 14 heavy (non-hydrogen) atoms. The van der Waals surface area contributed by atoms with Gasteiger partial charge < -0.3 is 4.43 Å². The first-order valence-electron chi connectivity index (χ1n) is 5.12. The summed E-state index contributed by atoms with van der Waals surface area (Å²) in [4.78, 5) is 0. The Bertz CT molecular complexity index is 235. The van der Waals surface area contributed by atoms with Crippen LogP contribution in [-0.2, 0) is 4.43 Å². The Morgan fingerprint density at radius 2 is 1.86 bits per heavy atom. The van der Waals surface area contributed by atoms with Gasteiger partial charge in [0.1, 0.15) is 11.8 Å². The quantitative estimate of drug-likeness (QED) is 0.663. The molecule has 0 amide bonds. The highest BCUT2D eigenvalue weighted by atomic mass is 28.4. The van der Waals surface area contributed by atoms with Gasteiger partial charge in [0.05, 0.1) is 6.07 Å². The molecule has 0 unspecified atom stereocenters. The van der Waals surface area contributed by atoms with Crippen LogP contribution in [0.5, 0.6) is 0 Å². The molecule has 1 aliphatic rings. The minimum atomic E-state index is -1.70. The van der Waals surface area contributed by atoms with E-state index in [4.69, 9.17) is 9.69 Å². The Labute approximate surface area is 86.2 Å². The van der Waals surface area contributed by atoms with Crippen LogP contribution < -0.4 is 0 Å². The second-order valence-corrected chi connectivity index (χ2v) is 9.42. The highest BCUT2D eigenvalue weighted by Gasteiger charge is 2.39. The number of alkyl halides is 1. The van der Waals surface area contributed by atoms with Gasteiger partial charge in [-0.1, -0.05) is 0 Å². The van der Waals surface area contributed by atoms with E-state index in [1.165, 1.54) is 0 Å². The number of nitrogens with zero attached hydrogens (tertiary/aromatic N) is 1. The van der Waals surface area contributed by atoms with E-state index in [0.29, 0.717) is 25.7 Å². The van der Waals surface area contributed by atoms with Gasteiger partial charge in [0.15, 0.2) is 8.32 Å². The van der Waals surface area contributed by atoms with Crippen LogP contribution in [0, 0.1) is 11.3 Å². The molecule has 0 atom stereocenters. The molecule has 0 aliphatic heterocycles.